The summed E-state index contributed by atoms with van der Waals surface area (Å²) in [6.45, 7) is 3.68. The Morgan fingerprint density at radius 2 is 2.21 bits per heavy atom. The molecule has 0 spiro atoms. The van der Waals surface area contributed by atoms with Crippen molar-refractivity contribution in [1.82, 2.24) is 4.90 Å². The van der Waals surface area contributed by atoms with Crippen LogP contribution in [-0.4, -0.2) is 29.2 Å². The summed E-state index contributed by atoms with van der Waals surface area (Å²) in [6, 6.07) is 8.24. The molecule has 1 saturated heterocycles. The lowest BCUT2D eigenvalue weighted by Crippen LogP contribution is -2.51. The van der Waals surface area contributed by atoms with Crippen LogP contribution in [0.1, 0.15) is 18.5 Å². The van der Waals surface area contributed by atoms with E-state index in [-0.39, 0.29) is 6.10 Å². The van der Waals surface area contributed by atoms with Crippen LogP contribution in [0.5, 0.6) is 0 Å². The summed E-state index contributed by atoms with van der Waals surface area (Å²) in [6.07, 6.45) is -0.142. The molecule has 1 atom stereocenters. The number of likely N-dealkylation sites (tertiary alicyclic amines) is 1. The molecule has 1 aliphatic rings. The van der Waals surface area contributed by atoms with Gasteiger partial charge in [-0.1, -0.05) is 23.7 Å². The molecule has 0 radical (unpaired) electrons. The number of hydrogen-bond acceptors (Lipinski definition) is 2. The highest BCUT2D eigenvalue weighted by Gasteiger charge is 2.28. The summed E-state index contributed by atoms with van der Waals surface area (Å²) in [5.41, 5.74) is 1.21. The van der Waals surface area contributed by atoms with Gasteiger partial charge in [-0.2, -0.15) is 0 Å². The molecular weight excluding hydrogens is 198 g/mol. The van der Waals surface area contributed by atoms with Gasteiger partial charge in [0.15, 0.2) is 0 Å². The minimum atomic E-state index is -0.142. The summed E-state index contributed by atoms with van der Waals surface area (Å²) in [5.74, 6) is 0. The highest BCUT2D eigenvalue weighted by molar-refractivity contribution is 6.30. The minimum Gasteiger partial charge on any atom is -0.390 e. The molecule has 2 nitrogen and oxygen atoms in total. The van der Waals surface area contributed by atoms with Crippen LogP contribution in [0.3, 0.4) is 0 Å². The van der Waals surface area contributed by atoms with Gasteiger partial charge in [-0.05, 0) is 24.6 Å². The molecule has 14 heavy (non-hydrogen) atoms. The standard InChI is InChI=1S/C11H14ClNO/c1-8(13-6-11(14)7-13)9-3-2-4-10(12)5-9/h2-5,8,11,14H,6-7H2,1H3. The maximum Gasteiger partial charge on any atom is 0.0794 e. The Balaban J connectivity index is 2.07. The summed E-state index contributed by atoms with van der Waals surface area (Å²) in [7, 11) is 0. The van der Waals surface area contributed by atoms with Gasteiger partial charge in [0.05, 0.1) is 6.10 Å². The quantitative estimate of drug-likeness (QED) is 0.810. The molecule has 0 aliphatic carbocycles. The van der Waals surface area contributed by atoms with Gasteiger partial charge in [0, 0.05) is 24.2 Å². The fraction of sp³-hybridized carbons (Fsp3) is 0.455. The minimum absolute atomic E-state index is 0.142. The maximum absolute atomic E-state index is 9.20. The van der Waals surface area contributed by atoms with Crippen molar-refractivity contribution in [3.05, 3.63) is 34.9 Å². The van der Waals surface area contributed by atoms with Crippen molar-refractivity contribution in [1.29, 1.82) is 0 Å². The molecule has 1 aromatic carbocycles. The van der Waals surface area contributed by atoms with E-state index in [2.05, 4.69) is 17.9 Å². The normalized spacial score (nSPS) is 20.5. The molecule has 3 heteroatoms. The predicted molar refractivity (Wildman–Crippen MR) is 57.4 cm³/mol. The largest absolute Gasteiger partial charge is 0.390 e. The van der Waals surface area contributed by atoms with E-state index < -0.39 is 0 Å². The number of β-amino-alcohol motifs (C(OH)–C–C–N with tert-alkyl or cyclic N) is 1. The highest BCUT2D eigenvalue weighted by Crippen LogP contribution is 2.26. The van der Waals surface area contributed by atoms with Crippen molar-refractivity contribution in [2.24, 2.45) is 0 Å². The Morgan fingerprint density at radius 1 is 1.50 bits per heavy atom. The average Bonchev–Trinajstić information content (AvgIpc) is 2.12. The van der Waals surface area contributed by atoms with Crippen molar-refractivity contribution >= 4 is 11.6 Å². The van der Waals surface area contributed by atoms with Gasteiger partial charge in [-0.15, -0.1) is 0 Å². The van der Waals surface area contributed by atoms with Gasteiger partial charge >= 0.3 is 0 Å². The van der Waals surface area contributed by atoms with E-state index in [1.807, 2.05) is 18.2 Å². The van der Waals surface area contributed by atoms with Crippen LogP contribution >= 0.6 is 11.6 Å². The van der Waals surface area contributed by atoms with Gasteiger partial charge < -0.3 is 5.11 Å². The Labute approximate surface area is 89.1 Å². The molecule has 1 unspecified atom stereocenters. The number of benzene rings is 1. The van der Waals surface area contributed by atoms with E-state index in [9.17, 15) is 5.11 Å². The van der Waals surface area contributed by atoms with E-state index in [0.29, 0.717) is 6.04 Å². The number of aliphatic hydroxyl groups is 1. The topological polar surface area (TPSA) is 23.5 Å². The van der Waals surface area contributed by atoms with E-state index in [4.69, 9.17) is 11.6 Å². The SMILES string of the molecule is CC(c1cccc(Cl)c1)N1CC(O)C1. The van der Waals surface area contributed by atoms with E-state index in [1.54, 1.807) is 0 Å². The Bertz CT molecular complexity index is 323. The smallest absolute Gasteiger partial charge is 0.0794 e. The van der Waals surface area contributed by atoms with Crippen molar-refractivity contribution in [3.8, 4) is 0 Å². The summed E-state index contributed by atoms with van der Waals surface area (Å²) in [4.78, 5) is 2.23. The van der Waals surface area contributed by atoms with E-state index in [1.165, 1.54) is 5.56 Å². The summed E-state index contributed by atoms with van der Waals surface area (Å²) < 4.78 is 0. The molecule has 0 aromatic heterocycles. The monoisotopic (exact) mass is 211 g/mol. The molecule has 1 N–H and O–H groups in total. The van der Waals surface area contributed by atoms with Gasteiger partial charge in [0.2, 0.25) is 0 Å². The molecule has 76 valence electrons. The molecule has 1 fully saturated rings. The molecule has 1 aliphatic heterocycles. The van der Waals surface area contributed by atoms with Crippen molar-refractivity contribution in [2.75, 3.05) is 13.1 Å². The first-order valence-electron chi connectivity index (χ1n) is 4.84. The van der Waals surface area contributed by atoms with Crippen molar-refractivity contribution < 1.29 is 5.11 Å². The van der Waals surface area contributed by atoms with Gasteiger partial charge in [-0.3, -0.25) is 4.90 Å². The van der Waals surface area contributed by atoms with E-state index in [0.717, 1.165) is 18.1 Å². The third kappa shape index (κ3) is 1.92. The van der Waals surface area contributed by atoms with Crippen LogP contribution < -0.4 is 0 Å². The van der Waals surface area contributed by atoms with Gasteiger partial charge in [0.25, 0.3) is 0 Å². The van der Waals surface area contributed by atoms with Crippen LogP contribution in [0, 0.1) is 0 Å². The average molecular weight is 212 g/mol. The zero-order valence-corrected chi connectivity index (χ0v) is 8.91. The van der Waals surface area contributed by atoms with Crippen LogP contribution in [-0.2, 0) is 0 Å². The van der Waals surface area contributed by atoms with Crippen molar-refractivity contribution in [3.63, 3.8) is 0 Å². The van der Waals surface area contributed by atoms with Gasteiger partial charge in [0.1, 0.15) is 0 Å². The van der Waals surface area contributed by atoms with Crippen LogP contribution in [0.15, 0.2) is 24.3 Å². The molecule has 0 bridgehead atoms. The Hall–Kier alpha value is -0.570. The molecule has 0 amide bonds. The first-order valence-corrected chi connectivity index (χ1v) is 5.22. The molecule has 2 rings (SSSR count). The molecule has 1 aromatic rings. The van der Waals surface area contributed by atoms with Gasteiger partial charge in [-0.25, -0.2) is 0 Å². The van der Waals surface area contributed by atoms with Crippen LogP contribution in [0.4, 0.5) is 0 Å². The zero-order valence-electron chi connectivity index (χ0n) is 8.15. The molecule has 1 heterocycles. The number of aliphatic hydroxyl groups excluding tert-OH is 1. The number of hydrogen-bond donors (Lipinski definition) is 1. The molecule has 0 saturated carbocycles. The second-order valence-corrected chi connectivity index (χ2v) is 4.28. The Kier molecular flexibility index (Phi) is 2.77. The Morgan fingerprint density at radius 3 is 2.79 bits per heavy atom. The van der Waals surface area contributed by atoms with Crippen molar-refractivity contribution in [2.45, 2.75) is 19.1 Å². The zero-order chi connectivity index (χ0) is 10.1. The number of rotatable bonds is 2. The lowest BCUT2D eigenvalue weighted by atomic mass is 10.0. The summed E-state index contributed by atoms with van der Waals surface area (Å²) >= 11 is 5.92. The molecular formula is C11H14ClNO. The third-order valence-electron chi connectivity index (χ3n) is 2.77. The third-order valence-corrected chi connectivity index (χ3v) is 3.00. The lowest BCUT2D eigenvalue weighted by Gasteiger charge is -2.40. The maximum atomic E-state index is 9.20. The summed E-state index contributed by atoms with van der Waals surface area (Å²) in [5, 5.41) is 9.97. The second-order valence-electron chi connectivity index (χ2n) is 3.84. The lowest BCUT2D eigenvalue weighted by molar-refractivity contribution is -0.0211. The second kappa shape index (κ2) is 3.89. The fourth-order valence-electron chi connectivity index (χ4n) is 1.78. The fourth-order valence-corrected chi connectivity index (χ4v) is 1.98. The number of nitrogens with zero attached hydrogens (tertiary/aromatic N) is 1. The van der Waals surface area contributed by atoms with E-state index >= 15 is 0 Å². The van der Waals surface area contributed by atoms with Crippen LogP contribution in [0.25, 0.3) is 0 Å². The first-order chi connectivity index (χ1) is 6.66. The highest BCUT2D eigenvalue weighted by atomic mass is 35.5. The number of halogens is 1. The predicted octanol–water partition coefficient (Wildman–Crippen LogP) is 2.08. The first kappa shape index (κ1) is 9.97. The van der Waals surface area contributed by atoms with Crippen LogP contribution in [0.2, 0.25) is 5.02 Å².